The highest BCUT2D eigenvalue weighted by molar-refractivity contribution is 5.96. The Morgan fingerprint density at radius 2 is 2.43 bits per heavy atom. The molecule has 0 saturated carbocycles. The second-order valence-electron chi connectivity index (χ2n) is 3.58. The molecule has 14 heavy (non-hydrogen) atoms. The minimum absolute atomic E-state index is 0.0608. The number of ether oxygens (including phenoxy) is 1. The zero-order valence-corrected chi connectivity index (χ0v) is 8.30. The maximum absolute atomic E-state index is 11.8. The monoisotopic (exact) mass is 195 g/mol. The molecule has 1 aromatic heterocycles. The molecule has 1 saturated heterocycles. The summed E-state index contributed by atoms with van der Waals surface area (Å²) in [6, 6.07) is 0. The van der Waals surface area contributed by atoms with Gasteiger partial charge in [0.05, 0.1) is 6.10 Å². The lowest BCUT2D eigenvalue weighted by Gasteiger charge is -2.08. The topological polar surface area (TPSA) is 57.0 Å². The van der Waals surface area contributed by atoms with Crippen molar-refractivity contribution in [2.75, 3.05) is 0 Å². The van der Waals surface area contributed by atoms with Gasteiger partial charge in [0.1, 0.15) is 12.4 Å². The number of rotatable bonds is 2. The van der Waals surface area contributed by atoms with E-state index >= 15 is 0 Å². The normalized spacial score (nSPS) is 26.7. The van der Waals surface area contributed by atoms with Crippen LogP contribution in [0, 0.1) is 0 Å². The van der Waals surface area contributed by atoms with Crippen molar-refractivity contribution in [3.05, 3.63) is 12.2 Å². The average molecular weight is 195 g/mol. The van der Waals surface area contributed by atoms with Gasteiger partial charge in [0, 0.05) is 7.05 Å². The van der Waals surface area contributed by atoms with Crippen LogP contribution in [0.5, 0.6) is 0 Å². The number of Topliss-reactive ketones (excluding diaryl/α,β-unsaturated/α-hetero) is 1. The Bertz CT molecular complexity index is 348. The second-order valence-corrected chi connectivity index (χ2v) is 3.58. The molecule has 2 rings (SSSR count). The first-order valence-electron chi connectivity index (χ1n) is 4.72. The summed E-state index contributed by atoms with van der Waals surface area (Å²) < 4.78 is 6.95. The number of carbonyl (C=O) groups excluding carboxylic acids is 1. The molecule has 0 amide bonds. The maximum atomic E-state index is 11.8. The van der Waals surface area contributed by atoms with E-state index in [1.165, 1.54) is 11.0 Å². The predicted molar refractivity (Wildman–Crippen MR) is 48.9 cm³/mol. The van der Waals surface area contributed by atoms with Gasteiger partial charge in [0.2, 0.25) is 5.78 Å². The first kappa shape index (κ1) is 9.33. The number of hydrogen-bond donors (Lipinski definition) is 0. The molecule has 0 aliphatic carbocycles. The van der Waals surface area contributed by atoms with E-state index in [-0.39, 0.29) is 18.0 Å². The molecule has 1 aliphatic rings. The smallest absolute Gasteiger partial charge is 0.228 e. The maximum Gasteiger partial charge on any atom is 0.228 e. The van der Waals surface area contributed by atoms with E-state index in [9.17, 15) is 4.79 Å². The van der Waals surface area contributed by atoms with Crippen LogP contribution in [0.3, 0.4) is 0 Å². The molecule has 0 radical (unpaired) electrons. The third kappa shape index (κ3) is 1.55. The lowest BCUT2D eigenvalue weighted by molar-refractivity contribution is 0.0421. The van der Waals surface area contributed by atoms with E-state index in [1.807, 2.05) is 6.92 Å². The highest BCUT2D eigenvalue weighted by atomic mass is 16.5. The van der Waals surface area contributed by atoms with E-state index in [1.54, 1.807) is 7.05 Å². The molecule has 0 N–H and O–H groups in total. The quantitative estimate of drug-likeness (QED) is 0.647. The van der Waals surface area contributed by atoms with Crippen LogP contribution in [0.1, 0.15) is 30.4 Å². The van der Waals surface area contributed by atoms with E-state index < -0.39 is 0 Å². The van der Waals surface area contributed by atoms with Crippen molar-refractivity contribution in [1.29, 1.82) is 0 Å². The van der Waals surface area contributed by atoms with Crippen LogP contribution >= 0.6 is 0 Å². The number of carbonyl (C=O) groups is 1. The fourth-order valence-electron chi connectivity index (χ4n) is 1.66. The number of hydrogen-bond acceptors (Lipinski definition) is 4. The second kappa shape index (κ2) is 3.49. The molecule has 2 heterocycles. The summed E-state index contributed by atoms with van der Waals surface area (Å²) in [4.78, 5) is 15.7. The van der Waals surface area contributed by atoms with Crippen molar-refractivity contribution in [2.45, 2.75) is 32.0 Å². The molecule has 1 aliphatic heterocycles. The molecule has 0 bridgehead atoms. The molecule has 76 valence electrons. The molecule has 0 aromatic carbocycles. The highest BCUT2D eigenvalue weighted by Crippen LogP contribution is 2.21. The molecule has 1 fully saturated rings. The zero-order valence-electron chi connectivity index (χ0n) is 8.30. The summed E-state index contributed by atoms with van der Waals surface area (Å²) in [5, 5.41) is 3.86. The van der Waals surface area contributed by atoms with Gasteiger partial charge in [-0.1, -0.05) is 0 Å². The van der Waals surface area contributed by atoms with Crippen LogP contribution in [0.25, 0.3) is 0 Å². The summed E-state index contributed by atoms with van der Waals surface area (Å²) in [7, 11) is 1.71. The van der Waals surface area contributed by atoms with Gasteiger partial charge in [-0.15, -0.1) is 0 Å². The van der Waals surface area contributed by atoms with Crippen molar-refractivity contribution in [3.63, 3.8) is 0 Å². The highest BCUT2D eigenvalue weighted by Gasteiger charge is 2.31. The van der Waals surface area contributed by atoms with Gasteiger partial charge in [-0.05, 0) is 19.8 Å². The standard InChI is InChI=1S/C9H13N3O2/c1-6-3-4-7(14-6)8(13)9-10-5-11-12(9)2/h5-7H,3-4H2,1-2H3. The largest absolute Gasteiger partial charge is 0.367 e. The number of aryl methyl sites for hydroxylation is 1. The molecule has 1 aromatic rings. The van der Waals surface area contributed by atoms with Gasteiger partial charge in [0.25, 0.3) is 0 Å². The van der Waals surface area contributed by atoms with Crippen LogP contribution in [-0.2, 0) is 11.8 Å². The third-order valence-electron chi connectivity index (χ3n) is 2.46. The summed E-state index contributed by atoms with van der Waals surface area (Å²) in [6.07, 6.45) is 2.96. The molecule has 5 nitrogen and oxygen atoms in total. The van der Waals surface area contributed by atoms with Crippen molar-refractivity contribution in [3.8, 4) is 0 Å². The lowest BCUT2D eigenvalue weighted by Crippen LogP contribution is -2.24. The van der Waals surface area contributed by atoms with Crippen molar-refractivity contribution >= 4 is 5.78 Å². The number of ketones is 1. The summed E-state index contributed by atoms with van der Waals surface area (Å²) in [5.41, 5.74) is 0. The van der Waals surface area contributed by atoms with Crippen molar-refractivity contribution in [1.82, 2.24) is 14.8 Å². The fourth-order valence-corrected chi connectivity index (χ4v) is 1.66. The summed E-state index contributed by atoms with van der Waals surface area (Å²) in [6.45, 7) is 1.98. The summed E-state index contributed by atoms with van der Waals surface area (Å²) in [5.74, 6) is 0.318. The van der Waals surface area contributed by atoms with Crippen molar-refractivity contribution in [2.24, 2.45) is 7.05 Å². The lowest BCUT2D eigenvalue weighted by atomic mass is 10.1. The Morgan fingerprint density at radius 1 is 1.64 bits per heavy atom. The van der Waals surface area contributed by atoms with Gasteiger partial charge in [-0.2, -0.15) is 5.10 Å². The van der Waals surface area contributed by atoms with Gasteiger partial charge < -0.3 is 4.74 Å². The Labute approximate surface area is 82.1 Å². The minimum atomic E-state index is -0.326. The molecular weight excluding hydrogens is 182 g/mol. The number of aromatic nitrogens is 3. The van der Waals surface area contributed by atoms with Gasteiger partial charge in [-0.3, -0.25) is 4.79 Å². The Kier molecular flexibility index (Phi) is 2.33. The predicted octanol–water partition coefficient (Wildman–Crippen LogP) is 0.565. The first-order chi connectivity index (χ1) is 6.68. The first-order valence-corrected chi connectivity index (χ1v) is 4.72. The molecule has 5 heteroatoms. The zero-order chi connectivity index (χ0) is 10.1. The Morgan fingerprint density at radius 3 is 2.93 bits per heavy atom. The molecule has 2 unspecified atom stereocenters. The SMILES string of the molecule is CC1CCC(C(=O)c2ncnn2C)O1. The van der Waals surface area contributed by atoms with Crippen LogP contribution in [-0.4, -0.2) is 32.8 Å². The van der Waals surface area contributed by atoms with Gasteiger partial charge in [-0.25, -0.2) is 9.67 Å². The minimum Gasteiger partial charge on any atom is -0.367 e. The van der Waals surface area contributed by atoms with Crippen molar-refractivity contribution < 1.29 is 9.53 Å². The van der Waals surface area contributed by atoms with E-state index in [2.05, 4.69) is 10.1 Å². The molecule has 2 atom stereocenters. The van der Waals surface area contributed by atoms with E-state index in [0.717, 1.165) is 12.8 Å². The van der Waals surface area contributed by atoms with Gasteiger partial charge in [0.15, 0.2) is 5.82 Å². The average Bonchev–Trinajstić information content (AvgIpc) is 2.73. The van der Waals surface area contributed by atoms with E-state index in [4.69, 9.17) is 4.74 Å². The van der Waals surface area contributed by atoms with Crippen LogP contribution in [0.2, 0.25) is 0 Å². The third-order valence-corrected chi connectivity index (χ3v) is 2.46. The fraction of sp³-hybridized carbons (Fsp3) is 0.667. The Hall–Kier alpha value is -1.23. The van der Waals surface area contributed by atoms with Gasteiger partial charge >= 0.3 is 0 Å². The molecule has 0 spiro atoms. The van der Waals surface area contributed by atoms with E-state index in [0.29, 0.717) is 5.82 Å². The summed E-state index contributed by atoms with van der Waals surface area (Å²) >= 11 is 0. The Balaban J connectivity index is 2.13. The molecular formula is C9H13N3O2. The van der Waals surface area contributed by atoms with Crippen LogP contribution in [0.4, 0.5) is 0 Å². The van der Waals surface area contributed by atoms with Crippen LogP contribution < -0.4 is 0 Å². The van der Waals surface area contributed by atoms with Crippen LogP contribution in [0.15, 0.2) is 6.33 Å². The number of nitrogens with zero attached hydrogens (tertiary/aromatic N) is 3.